The van der Waals surface area contributed by atoms with Gasteiger partial charge in [0.1, 0.15) is 0 Å². The van der Waals surface area contributed by atoms with E-state index in [2.05, 4.69) is 19.2 Å². The molecule has 1 saturated heterocycles. The SMILES string of the molecule is Cc1ccc(C(=O)N(CC(C)C)C[C@H]2CN(C(=O)Nc3cccc(Cl)c3)CCO2)cc1. The molecule has 166 valence electrons. The monoisotopic (exact) mass is 443 g/mol. The number of aryl methyl sites for hydroxylation is 1. The van der Waals surface area contributed by atoms with E-state index >= 15 is 0 Å². The van der Waals surface area contributed by atoms with Gasteiger partial charge in [-0.3, -0.25) is 4.79 Å². The van der Waals surface area contributed by atoms with E-state index in [0.717, 1.165) is 5.56 Å². The minimum Gasteiger partial charge on any atom is -0.373 e. The van der Waals surface area contributed by atoms with E-state index in [4.69, 9.17) is 16.3 Å². The molecule has 6 nitrogen and oxygen atoms in total. The fraction of sp³-hybridized carbons (Fsp3) is 0.417. The van der Waals surface area contributed by atoms with Crippen LogP contribution in [0.15, 0.2) is 48.5 Å². The number of carbonyl (C=O) groups is 2. The van der Waals surface area contributed by atoms with Crippen molar-refractivity contribution in [1.82, 2.24) is 9.80 Å². The highest BCUT2D eigenvalue weighted by Crippen LogP contribution is 2.17. The Morgan fingerprint density at radius 1 is 1.23 bits per heavy atom. The molecule has 0 spiro atoms. The third-order valence-corrected chi connectivity index (χ3v) is 5.33. The molecule has 2 aromatic carbocycles. The summed E-state index contributed by atoms with van der Waals surface area (Å²) in [7, 11) is 0. The number of anilines is 1. The van der Waals surface area contributed by atoms with Gasteiger partial charge in [0.05, 0.1) is 19.3 Å². The Labute approximate surface area is 189 Å². The minimum atomic E-state index is -0.244. The number of morpholine rings is 1. The van der Waals surface area contributed by atoms with Gasteiger partial charge in [0, 0.05) is 35.9 Å². The summed E-state index contributed by atoms with van der Waals surface area (Å²) >= 11 is 6.00. The molecule has 0 bridgehead atoms. The fourth-order valence-electron chi connectivity index (χ4n) is 3.59. The highest BCUT2D eigenvalue weighted by atomic mass is 35.5. The smallest absolute Gasteiger partial charge is 0.322 e. The molecule has 1 atom stereocenters. The van der Waals surface area contributed by atoms with Crippen LogP contribution in [0, 0.1) is 12.8 Å². The summed E-state index contributed by atoms with van der Waals surface area (Å²) in [4.78, 5) is 29.4. The van der Waals surface area contributed by atoms with Crippen LogP contribution in [0.1, 0.15) is 29.8 Å². The number of hydrogen-bond acceptors (Lipinski definition) is 3. The van der Waals surface area contributed by atoms with Crippen LogP contribution in [0.2, 0.25) is 5.02 Å². The number of rotatable bonds is 6. The van der Waals surface area contributed by atoms with E-state index in [9.17, 15) is 9.59 Å². The van der Waals surface area contributed by atoms with Crippen LogP contribution in [0.3, 0.4) is 0 Å². The lowest BCUT2D eigenvalue weighted by molar-refractivity contribution is -0.0272. The topological polar surface area (TPSA) is 61.9 Å². The van der Waals surface area contributed by atoms with Crippen LogP contribution in [0.25, 0.3) is 0 Å². The minimum absolute atomic E-state index is 0.0159. The lowest BCUT2D eigenvalue weighted by Crippen LogP contribution is -2.52. The molecule has 7 heteroatoms. The van der Waals surface area contributed by atoms with Crippen molar-refractivity contribution in [2.24, 2.45) is 5.92 Å². The number of nitrogens with zero attached hydrogens (tertiary/aromatic N) is 2. The van der Waals surface area contributed by atoms with Crippen LogP contribution in [-0.4, -0.2) is 60.6 Å². The molecule has 2 aromatic rings. The molecule has 3 rings (SSSR count). The van der Waals surface area contributed by atoms with Gasteiger partial charge in [0.2, 0.25) is 0 Å². The van der Waals surface area contributed by atoms with E-state index in [1.54, 1.807) is 29.2 Å². The molecule has 0 saturated carbocycles. The zero-order valence-corrected chi connectivity index (χ0v) is 19.1. The van der Waals surface area contributed by atoms with E-state index in [-0.39, 0.29) is 18.0 Å². The summed E-state index contributed by atoms with van der Waals surface area (Å²) in [5, 5.41) is 3.45. The van der Waals surface area contributed by atoms with Gasteiger partial charge < -0.3 is 19.9 Å². The van der Waals surface area contributed by atoms with Gasteiger partial charge in [-0.15, -0.1) is 0 Å². The molecule has 0 unspecified atom stereocenters. The summed E-state index contributed by atoms with van der Waals surface area (Å²) in [6, 6.07) is 14.5. The van der Waals surface area contributed by atoms with Crippen LogP contribution >= 0.6 is 11.6 Å². The molecule has 0 radical (unpaired) electrons. The van der Waals surface area contributed by atoms with Crippen LogP contribution in [0.4, 0.5) is 10.5 Å². The van der Waals surface area contributed by atoms with Crippen molar-refractivity contribution in [2.45, 2.75) is 26.9 Å². The number of carbonyl (C=O) groups excluding carboxylic acids is 2. The summed E-state index contributed by atoms with van der Waals surface area (Å²) in [5.74, 6) is 0.304. The highest BCUT2D eigenvalue weighted by Gasteiger charge is 2.28. The van der Waals surface area contributed by atoms with Gasteiger partial charge in [-0.1, -0.05) is 49.2 Å². The van der Waals surface area contributed by atoms with Gasteiger partial charge in [-0.25, -0.2) is 4.79 Å². The maximum atomic E-state index is 13.1. The number of urea groups is 1. The van der Waals surface area contributed by atoms with Crippen molar-refractivity contribution in [3.8, 4) is 0 Å². The molecule has 0 aromatic heterocycles. The van der Waals surface area contributed by atoms with Crippen molar-refractivity contribution in [2.75, 3.05) is 38.1 Å². The predicted molar refractivity (Wildman–Crippen MR) is 124 cm³/mol. The maximum absolute atomic E-state index is 13.1. The first-order chi connectivity index (χ1) is 14.8. The molecule has 1 fully saturated rings. The summed E-state index contributed by atoms with van der Waals surface area (Å²) < 4.78 is 5.91. The first kappa shape index (κ1) is 23.1. The van der Waals surface area contributed by atoms with Crippen molar-refractivity contribution in [3.63, 3.8) is 0 Å². The van der Waals surface area contributed by atoms with Crippen molar-refractivity contribution in [1.29, 1.82) is 0 Å². The molecule has 1 aliphatic heterocycles. The number of hydrogen-bond donors (Lipinski definition) is 1. The predicted octanol–water partition coefficient (Wildman–Crippen LogP) is 4.68. The fourth-order valence-corrected chi connectivity index (χ4v) is 3.78. The lowest BCUT2D eigenvalue weighted by Gasteiger charge is -2.36. The summed E-state index contributed by atoms with van der Waals surface area (Å²) in [5.41, 5.74) is 2.43. The molecule has 1 heterocycles. The normalized spacial score (nSPS) is 16.3. The Morgan fingerprint density at radius 3 is 2.65 bits per heavy atom. The largest absolute Gasteiger partial charge is 0.373 e. The van der Waals surface area contributed by atoms with Gasteiger partial charge in [-0.2, -0.15) is 0 Å². The molecule has 1 N–H and O–H groups in total. The third-order valence-electron chi connectivity index (χ3n) is 5.10. The Balaban J connectivity index is 1.64. The second kappa shape index (κ2) is 10.6. The summed E-state index contributed by atoms with van der Waals surface area (Å²) in [6.07, 6.45) is -0.244. The van der Waals surface area contributed by atoms with Crippen LogP contribution < -0.4 is 5.32 Å². The Morgan fingerprint density at radius 2 is 1.97 bits per heavy atom. The lowest BCUT2D eigenvalue weighted by atomic mass is 10.1. The Kier molecular flexibility index (Phi) is 7.93. The van der Waals surface area contributed by atoms with Gasteiger partial charge in [0.25, 0.3) is 5.91 Å². The van der Waals surface area contributed by atoms with Gasteiger partial charge >= 0.3 is 6.03 Å². The third kappa shape index (κ3) is 6.71. The number of halogens is 1. The standard InChI is InChI=1S/C24H30ClN3O3/c1-17(2)14-28(23(29)19-9-7-18(3)8-10-19)16-22-15-27(11-12-31-22)24(30)26-21-6-4-5-20(25)13-21/h4-10,13,17,22H,11-12,14-16H2,1-3H3,(H,26,30)/t22-/m1/s1. The number of benzene rings is 2. The van der Waals surface area contributed by atoms with Crippen molar-refractivity contribution >= 4 is 29.2 Å². The Hall–Kier alpha value is -2.57. The zero-order valence-electron chi connectivity index (χ0n) is 18.3. The van der Waals surface area contributed by atoms with Gasteiger partial charge in [-0.05, 0) is 43.2 Å². The van der Waals surface area contributed by atoms with E-state index in [1.807, 2.05) is 36.1 Å². The summed E-state index contributed by atoms with van der Waals surface area (Å²) in [6.45, 7) is 8.58. The number of ether oxygens (including phenoxy) is 1. The average Bonchev–Trinajstić information content (AvgIpc) is 2.73. The second-order valence-corrected chi connectivity index (χ2v) is 8.79. The maximum Gasteiger partial charge on any atom is 0.322 e. The number of nitrogens with one attached hydrogen (secondary N) is 1. The van der Waals surface area contributed by atoms with E-state index in [1.165, 1.54) is 0 Å². The quantitative estimate of drug-likeness (QED) is 0.705. The zero-order chi connectivity index (χ0) is 22.4. The van der Waals surface area contributed by atoms with E-state index < -0.39 is 0 Å². The van der Waals surface area contributed by atoms with Crippen molar-refractivity contribution in [3.05, 3.63) is 64.7 Å². The molecule has 0 aliphatic carbocycles. The first-order valence-corrected chi connectivity index (χ1v) is 11.0. The average molecular weight is 444 g/mol. The molecular weight excluding hydrogens is 414 g/mol. The van der Waals surface area contributed by atoms with E-state index in [0.29, 0.717) is 55.0 Å². The molecule has 1 aliphatic rings. The van der Waals surface area contributed by atoms with Gasteiger partial charge in [0.15, 0.2) is 0 Å². The number of amides is 3. The first-order valence-electron chi connectivity index (χ1n) is 10.6. The molecule has 3 amide bonds. The second-order valence-electron chi connectivity index (χ2n) is 8.35. The molecular formula is C24H30ClN3O3. The highest BCUT2D eigenvalue weighted by molar-refractivity contribution is 6.30. The molecule has 31 heavy (non-hydrogen) atoms. The van der Waals surface area contributed by atoms with Crippen molar-refractivity contribution < 1.29 is 14.3 Å². The van der Waals surface area contributed by atoms with Crippen LogP contribution in [-0.2, 0) is 4.74 Å². The van der Waals surface area contributed by atoms with Crippen LogP contribution in [0.5, 0.6) is 0 Å². The Bertz CT molecular complexity index is 901.